The van der Waals surface area contributed by atoms with E-state index in [1.807, 2.05) is 41.5 Å². The van der Waals surface area contributed by atoms with Crippen LogP contribution >= 0.6 is 0 Å². The smallest absolute Gasteiger partial charge is 0.303 e. The lowest BCUT2D eigenvalue weighted by Gasteiger charge is -2.28. The summed E-state index contributed by atoms with van der Waals surface area (Å²) in [5.41, 5.74) is 0. The van der Waals surface area contributed by atoms with Gasteiger partial charge in [0.1, 0.15) is 18.1 Å². The fraction of sp³-hybridized carbons (Fsp3) is 0.860. The first-order valence-electron chi connectivity index (χ1n) is 25.0. The molecule has 13 heteroatoms. The number of Topliss-reactive ketones (excluding diaryl/α,β-unsaturated/α-hetero) is 2. The molecular weight excluding hydrogens is 799 g/mol. The molecule has 0 unspecified atom stereocenters. The number of aliphatic carboxylic acids is 1. The molecule has 0 heterocycles. The molecule has 0 bridgehead atoms. The van der Waals surface area contributed by atoms with Crippen molar-refractivity contribution in [3.63, 3.8) is 0 Å². The summed E-state index contributed by atoms with van der Waals surface area (Å²) in [6.07, 6.45) is 20.0. The van der Waals surface area contributed by atoms with Crippen LogP contribution in [-0.2, 0) is 33.6 Å². The number of nitrogens with zero attached hydrogens (tertiary/aromatic N) is 1. The van der Waals surface area contributed by atoms with Crippen LogP contribution in [0.3, 0.4) is 0 Å². The van der Waals surface area contributed by atoms with Crippen molar-refractivity contribution in [2.45, 2.75) is 233 Å². The average molecular weight is 893 g/mol. The van der Waals surface area contributed by atoms with Gasteiger partial charge in [0.15, 0.2) is 0 Å². The first-order valence-corrected chi connectivity index (χ1v) is 25.0. The topological polar surface area (TPSA) is 188 Å². The molecule has 0 saturated carbocycles. The molecule has 0 aromatic heterocycles. The summed E-state index contributed by atoms with van der Waals surface area (Å²) < 4.78 is 0.991. The number of nitrogens with one attached hydrogen (secondary N) is 4. The predicted molar refractivity (Wildman–Crippen MR) is 254 cm³/mol. The summed E-state index contributed by atoms with van der Waals surface area (Å²) in [5.74, 6) is -4.64. The molecule has 0 rings (SSSR count). The summed E-state index contributed by atoms with van der Waals surface area (Å²) in [7, 11) is 6.65. The Labute approximate surface area is 383 Å². The van der Waals surface area contributed by atoms with Crippen molar-refractivity contribution in [1.29, 1.82) is 0 Å². The molecule has 0 aliphatic rings. The normalized spacial score (nSPS) is 13.7. The highest BCUT2D eigenvalue weighted by Crippen LogP contribution is 2.16. The number of quaternary nitrogens is 1. The number of ketones is 2. The van der Waals surface area contributed by atoms with Crippen LogP contribution in [0.5, 0.6) is 0 Å². The van der Waals surface area contributed by atoms with Crippen molar-refractivity contribution < 1.29 is 43.2 Å². The number of carbonyl (C=O) groups excluding carboxylic acids is 6. The van der Waals surface area contributed by atoms with Crippen molar-refractivity contribution >= 4 is 41.2 Å². The van der Waals surface area contributed by atoms with Crippen LogP contribution < -0.4 is 21.3 Å². The molecule has 0 radical (unpaired) electrons. The minimum atomic E-state index is -1.35. The molecule has 0 aliphatic carbocycles. The lowest BCUT2D eigenvalue weighted by Crippen LogP contribution is -2.58. The summed E-state index contributed by atoms with van der Waals surface area (Å²) in [6.45, 7) is 14.9. The second kappa shape index (κ2) is 35.0. The van der Waals surface area contributed by atoms with Crippen molar-refractivity contribution in [3.05, 3.63) is 0 Å². The Bertz CT molecular complexity index is 1330. The number of amides is 4. The molecule has 0 saturated heterocycles. The Hall–Kier alpha value is -3.35. The van der Waals surface area contributed by atoms with E-state index in [0.717, 1.165) is 55.8 Å². The van der Waals surface area contributed by atoms with Gasteiger partial charge in [-0.15, -0.1) is 0 Å². The molecule has 63 heavy (non-hydrogen) atoms. The molecule has 13 nitrogen and oxygen atoms in total. The molecule has 5 N–H and O–H groups in total. The minimum absolute atomic E-state index is 0.0149. The third-order valence-corrected chi connectivity index (χ3v) is 11.3. The molecule has 0 spiro atoms. The SMILES string of the molecule is CCCCCCCCCCCCC(=O)C(=O)[C@H](CCC(=O)O)NC(=O)[C@H](CC(C)C)NC(=O)[C@H](CC(C)C)NC(=O)[C@H](CC(C)C)NC(=O)CCCCCCCCCC[N+](C)(C)C. The first kappa shape index (κ1) is 59.6. The Balaban J connectivity index is 5.54. The Morgan fingerprint density at radius 1 is 0.444 bits per heavy atom. The van der Waals surface area contributed by atoms with Gasteiger partial charge in [-0.3, -0.25) is 33.6 Å². The summed E-state index contributed by atoms with van der Waals surface area (Å²) in [4.78, 5) is 92.5. The van der Waals surface area contributed by atoms with Gasteiger partial charge in [0.05, 0.1) is 33.7 Å². The standard InChI is InChI=1S/C50H93N5O8/c1-11-12-13-14-15-16-17-20-23-26-29-44(56)47(60)40(31-32-46(58)59)52-49(62)42(35-38(4)5)54-50(63)43(36-39(6)7)53-48(61)41(34-37(2)3)51-45(57)30-27-24-21-18-19-22-25-28-33-55(8,9)10/h37-43H,11-36H2,1-10H3,(H4-,51,52,53,54,57,58,59,61,62,63)/p+1/t40-,41-,42-,43-/m0/s1. The van der Waals surface area contributed by atoms with Gasteiger partial charge in [0.25, 0.3) is 0 Å². The minimum Gasteiger partial charge on any atom is -0.481 e. The van der Waals surface area contributed by atoms with E-state index in [2.05, 4.69) is 49.3 Å². The van der Waals surface area contributed by atoms with Crippen molar-refractivity contribution in [2.24, 2.45) is 17.8 Å². The second-order valence-corrected chi connectivity index (χ2v) is 20.4. The van der Waals surface area contributed by atoms with E-state index in [0.29, 0.717) is 19.3 Å². The molecule has 4 atom stereocenters. The Kier molecular flexibility index (Phi) is 33.1. The zero-order valence-corrected chi connectivity index (χ0v) is 41.7. The van der Waals surface area contributed by atoms with Gasteiger partial charge in [-0.25, -0.2) is 0 Å². The number of unbranched alkanes of at least 4 members (excludes halogenated alkanes) is 16. The van der Waals surface area contributed by atoms with E-state index in [-0.39, 0.29) is 49.3 Å². The van der Waals surface area contributed by atoms with E-state index in [1.54, 1.807) is 0 Å². The van der Waals surface area contributed by atoms with Crippen molar-refractivity contribution in [1.82, 2.24) is 21.3 Å². The quantitative estimate of drug-likeness (QED) is 0.0230. The first-order chi connectivity index (χ1) is 29.7. The molecule has 0 aromatic rings. The van der Waals surface area contributed by atoms with Gasteiger partial charge in [-0.05, 0) is 69.1 Å². The number of carbonyl (C=O) groups is 7. The fourth-order valence-corrected chi connectivity index (χ4v) is 7.75. The van der Waals surface area contributed by atoms with Crippen molar-refractivity contribution in [3.8, 4) is 0 Å². The molecule has 0 fully saturated rings. The second-order valence-electron chi connectivity index (χ2n) is 20.4. The van der Waals surface area contributed by atoms with E-state index >= 15 is 0 Å². The van der Waals surface area contributed by atoms with Crippen LogP contribution in [0.2, 0.25) is 0 Å². The average Bonchev–Trinajstić information content (AvgIpc) is 3.18. The van der Waals surface area contributed by atoms with Crippen LogP contribution in [0, 0.1) is 17.8 Å². The lowest BCUT2D eigenvalue weighted by atomic mass is 9.97. The summed E-state index contributed by atoms with van der Waals surface area (Å²) >= 11 is 0. The lowest BCUT2D eigenvalue weighted by molar-refractivity contribution is -0.870. The van der Waals surface area contributed by atoms with Gasteiger partial charge in [0.2, 0.25) is 35.2 Å². The van der Waals surface area contributed by atoms with Crippen LogP contribution in [0.25, 0.3) is 0 Å². The number of hydrogen-bond acceptors (Lipinski definition) is 7. The number of carboxylic acids is 1. The summed E-state index contributed by atoms with van der Waals surface area (Å²) in [5, 5.41) is 20.6. The highest BCUT2D eigenvalue weighted by Gasteiger charge is 2.33. The molecule has 4 amide bonds. The van der Waals surface area contributed by atoms with Gasteiger partial charge in [0, 0.05) is 19.3 Å². The molecule has 0 aliphatic heterocycles. The highest BCUT2D eigenvalue weighted by molar-refractivity contribution is 6.39. The zero-order valence-electron chi connectivity index (χ0n) is 41.7. The maximum atomic E-state index is 13.9. The fourth-order valence-electron chi connectivity index (χ4n) is 7.75. The van der Waals surface area contributed by atoms with Gasteiger partial charge >= 0.3 is 5.97 Å². The molecule has 0 aromatic carbocycles. The van der Waals surface area contributed by atoms with Crippen LogP contribution in [-0.4, -0.2) is 103 Å². The van der Waals surface area contributed by atoms with E-state index in [1.165, 1.54) is 64.3 Å². The number of rotatable bonds is 40. The van der Waals surface area contributed by atoms with Gasteiger partial charge < -0.3 is 30.9 Å². The summed E-state index contributed by atoms with van der Waals surface area (Å²) in [6, 6.07) is -4.35. The predicted octanol–water partition coefficient (Wildman–Crippen LogP) is 8.60. The molecular formula is C50H94N5O8+. The van der Waals surface area contributed by atoms with E-state index in [9.17, 15) is 38.7 Å². The van der Waals surface area contributed by atoms with E-state index in [4.69, 9.17) is 0 Å². The van der Waals surface area contributed by atoms with Crippen LogP contribution in [0.4, 0.5) is 0 Å². The monoisotopic (exact) mass is 893 g/mol. The van der Waals surface area contributed by atoms with Gasteiger partial charge in [-0.1, -0.05) is 138 Å². The van der Waals surface area contributed by atoms with Crippen LogP contribution in [0.1, 0.15) is 209 Å². The number of hydrogen-bond donors (Lipinski definition) is 5. The molecule has 366 valence electrons. The van der Waals surface area contributed by atoms with Crippen LogP contribution in [0.15, 0.2) is 0 Å². The largest absolute Gasteiger partial charge is 0.481 e. The van der Waals surface area contributed by atoms with Crippen molar-refractivity contribution in [2.75, 3.05) is 27.7 Å². The highest BCUT2D eigenvalue weighted by atomic mass is 16.4. The Morgan fingerprint density at radius 3 is 1.17 bits per heavy atom. The van der Waals surface area contributed by atoms with Gasteiger partial charge in [-0.2, -0.15) is 0 Å². The maximum absolute atomic E-state index is 13.9. The maximum Gasteiger partial charge on any atom is 0.303 e. The third kappa shape index (κ3) is 32.9. The Morgan fingerprint density at radius 2 is 0.794 bits per heavy atom. The zero-order chi connectivity index (χ0) is 47.8. The van der Waals surface area contributed by atoms with E-state index < -0.39 is 65.8 Å². The number of carboxylic acid groups (broad SMARTS) is 1. The third-order valence-electron chi connectivity index (χ3n) is 11.3.